The van der Waals surface area contributed by atoms with Crippen LogP contribution >= 0.6 is 11.8 Å². The predicted octanol–water partition coefficient (Wildman–Crippen LogP) is 3.17. The van der Waals surface area contributed by atoms with E-state index < -0.39 is 28.7 Å². The maximum absolute atomic E-state index is 14.3. The molecule has 0 aliphatic carbocycles. The maximum Gasteiger partial charge on any atom is 0.268 e. The predicted molar refractivity (Wildman–Crippen MR) is 99.6 cm³/mol. The quantitative estimate of drug-likeness (QED) is 0.536. The van der Waals surface area contributed by atoms with Gasteiger partial charge >= 0.3 is 0 Å². The second-order valence-electron chi connectivity index (χ2n) is 5.90. The number of amides is 1. The molecule has 8 nitrogen and oxygen atoms in total. The first-order valence-electron chi connectivity index (χ1n) is 8.04. The van der Waals surface area contributed by atoms with Crippen molar-refractivity contribution in [2.45, 2.75) is 24.3 Å². The maximum atomic E-state index is 14.3. The number of aromatic hydroxyl groups is 1. The molecule has 10 heteroatoms. The average molecular weight is 389 g/mol. The fourth-order valence-electron chi connectivity index (χ4n) is 2.35. The highest BCUT2D eigenvalue weighted by atomic mass is 32.2. The molecule has 2 heterocycles. The molecule has 3 rings (SSSR count). The number of nitrogens with one attached hydrogen (secondary N) is 2. The second kappa shape index (κ2) is 7.70. The number of thioether (sulfide) groups is 1. The Labute approximate surface area is 157 Å². The molecule has 0 unspecified atom stereocenters. The molecule has 1 aromatic carbocycles. The molecule has 1 aliphatic heterocycles. The summed E-state index contributed by atoms with van der Waals surface area (Å²) in [5.41, 5.74) is -0.471. The molecule has 140 valence electrons. The van der Waals surface area contributed by atoms with Gasteiger partial charge in [0.1, 0.15) is 5.82 Å². The molecule has 0 fully saturated rings. The first-order chi connectivity index (χ1) is 12.8. The van der Waals surface area contributed by atoms with E-state index in [0.29, 0.717) is 17.8 Å². The van der Waals surface area contributed by atoms with E-state index in [1.807, 2.05) is 13.8 Å². The molecule has 3 N–H and O–H groups in total. The monoisotopic (exact) mass is 389 g/mol. The summed E-state index contributed by atoms with van der Waals surface area (Å²) in [5, 5.41) is 20.2. The molecule has 1 aromatic heterocycles. The molecule has 27 heavy (non-hydrogen) atoms. The lowest BCUT2D eigenvalue weighted by Crippen LogP contribution is -2.25. The zero-order valence-electron chi connectivity index (χ0n) is 14.5. The van der Waals surface area contributed by atoms with Crippen LogP contribution in [0.2, 0.25) is 0 Å². The molecule has 0 spiro atoms. The van der Waals surface area contributed by atoms with Crippen molar-refractivity contribution < 1.29 is 14.3 Å². The number of anilines is 1. The number of H-pyrrole nitrogens is 1. The summed E-state index contributed by atoms with van der Waals surface area (Å²) in [7, 11) is 0. The van der Waals surface area contributed by atoms with Crippen molar-refractivity contribution in [3.63, 3.8) is 0 Å². The summed E-state index contributed by atoms with van der Waals surface area (Å²) in [6, 6.07) is 4.12. The highest BCUT2D eigenvalue weighted by Gasteiger charge is 2.21. The van der Waals surface area contributed by atoms with Gasteiger partial charge in [-0.2, -0.15) is 15.2 Å². The van der Waals surface area contributed by atoms with Crippen molar-refractivity contribution in [1.82, 2.24) is 9.97 Å². The number of carbonyl (C=O) groups excluding carboxylic acids is 1. The molecule has 0 radical (unpaired) electrons. The molecule has 1 amide bonds. The Kier molecular flexibility index (Phi) is 5.36. The Morgan fingerprint density at radius 1 is 1.41 bits per heavy atom. The van der Waals surface area contributed by atoms with Crippen LogP contribution in [0.3, 0.4) is 0 Å². The standard InChI is InChI=1S/C17H16FN5O3S/c1-8(2)27-17-21-15(25)13(16(26)22-17)14(24)20-12-4-3-9(7-10(12)18)11-5-6-19-23-11/h3-5,7-8H,6H2,1-2H3,(H,20,24)(H2,21,22,25,26). The van der Waals surface area contributed by atoms with Crippen LogP contribution in [0.4, 0.5) is 10.1 Å². The van der Waals surface area contributed by atoms with Crippen molar-refractivity contribution in [3.05, 3.63) is 51.6 Å². The van der Waals surface area contributed by atoms with Gasteiger partial charge in [-0.15, -0.1) is 0 Å². The Morgan fingerprint density at radius 3 is 2.78 bits per heavy atom. The van der Waals surface area contributed by atoms with Gasteiger partial charge in [0.15, 0.2) is 10.7 Å². The Balaban J connectivity index is 1.83. The van der Waals surface area contributed by atoms with Crippen molar-refractivity contribution >= 4 is 29.1 Å². The first-order valence-corrected chi connectivity index (χ1v) is 8.92. The highest BCUT2D eigenvalue weighted by molar-refractivity contribution is 7.99. The van der Waals surface area contributed by atoms with Crippen LogP contribution in [-0.4, -0.2) is 32.8 Å². The Hall–Kier alpha value is -3.01. The van der Waals surface area contributed by atoms with Gasteiger partial charge in [-0.1, -0.05) is 31.7 Å². The number of azo groups is 1. The molecular weight excluding hydrogens is 373 g/mol. The Morgan fingerprint density at radius 2 is 2.19 bits per heavy atom. The van der Waals surface area contributed by atoms with E-state index in [0.717, 1.165) is 0 Å². The summed E-state index contributed by atoms with van der Waals surface area (Å²) in [6.45, 7) is 4.21. The number of hydrogen-bond donors (Lipinski definition) is 3. The summed E-state index contributed by atoms with van der Waals surface area (Å²) < 4.78 is 14.3. The highest BCUT2D eigenvalue weighted by Crippen LogP contribution is 2.25. The van der Waals surface area contributed by atoms with Crippen LogP contribution in [0.5, 0.6) is 5.88 Å². The van der Waals surface area contributed by atoms with Gasteiger partial charge in [-0.25, -0.2) is 4.39 Å². The number of nitrogens with zero attached hydrogens (tertiary/aromatic N) is 3. The van der Waals surface area contributed by atoms with Gasteiger partial charge in [0.2, 0.25) is 5.88 Å². The van der Waals surface area contributed by atoms with Crippen molar-refractivity contribution in [3.8, 4) is 5.88 Å². The van der Waals surface area contributed by atoms with E-state index in [2.05, 4.69) is 25.5 Å². The van der Waals surface area contributed by atoms with E-state index in [1.165, 1.54) is 23.9 Å². The number of halogens is 1. The molecule has 0 saturated heterocycles. The normalized spacial score (nSPS) is 13.1. The number of benzene rings is 1. The molecule has 0 saturated carbocycles. The first kappa shape index (κ1) is 18.8. The van der Waals surface area contributed by atoms with Gasteiger partial charge in [-0.05, 0) is 18.2 Å². The third-order valence-corrected chi connectivity index (χ3v) is 4.40. The summed E-state index contributed by atoms with van der Waals surface area (Å²) in [5.74, 6) is -2.39. The summed E-state index contributed by atoms with van der Waals surface area (Å²) in [4.78, 5) is 30.7. The number of hydrogen-bond acceptors (Lipinski definition) is 7. The van der Waals surface area contributed by atoms with Crippen LogP contribution in [-0.2, 0) is 0 Å². The number of aromatic nitrogens is 2. The smallest absolute Gasteiger partial charge is 0.268 e. The fraction of sp³-hybridized carbons (Fsp3) is 0.235. The Bertz CT molecular complexity index is 1020. The van der Waals surface area contributed by atoms with Crippen molar-refractivity contribution in [2.75, 3.05) is 11.9 Å². The van der Waals surface area contributed by atoms with E-state index in [4.69, 9.17) is 0 Å². The number of carbonyl (C=O) groups is 1. The molecule has 0 bridgehead atoms. The minimum Gasteiger partial charge on any atom is -0.493 e. The molecule has 2 aromatic rings. The van der Waals surface area contributed by atoms with E-state index >= 15 is 0 Å². The van der Waals surface area contributed by atoms with Crippen LogP contribution in [0.15, 0.2) is 44.5 Å². The van der Waals surface area contributed by atoms with Crippen LogP contribution in [0.1, 0.15) is 29.8 Å². The number of aromatic amines is 1. The average Bonchev–Trinajstić information content (AvgIpc) is 3.10. The van der Waals surface area contributed by atoms with Crippen LogP contribution in [0.25, 0.3) is 5.70 Å². The summed E-state index contributed by atoms with van der Waals surface area (Å²) in [6.07, 6.45) is 1.74. The van der Waals surface area contributed by atoms with Crippen molar-refractivity contribution in [2.24, 2.45) is 10.2 Å². The third-order valence-electron chi connectivity index (χ3n) is 3.51. The zero-order valence-corrected chi connectivity index (χ0v) is 15.3. The SMILES string of the molecule is CC(C)Sc1nc(O)c(C(=O)Nc2ccc(C3=CCN=N3)cc2F)c(=O)[nH]1. The van der Waals surface area contributed by atoms with Gasteiger partial charge in [0.25, 0.3) is 11.5 Å². The minimum absolute atomic E-state index is 0.120. The molecule has 0 atom stereocenters. The lowest BCUT2D eigenvalue weighted by Gasteiger charge is -2.09. The fourth-order valence-corrected chi connectivity index (χ4v) is 3.08. The van der Waals surface area contributed by atoms with Gasteiger partial charge < -0.3 is 15.4 Å². The second-order valence-corrected chi connectivity index (χ2v) is 7.46. The van der Waals surface area contributed by atoms with Gasteiger partial charge in [-0.3, -0.25) is 9.59 Å². The van der Waals surface area contributed by atoms with Crippen LogP contribution in [0, 0.1) is 5.82 Å². The molecule has 1 aliphatic rings. The summed E-state index contributed by atoms with van der Waals surface area (Å²) >= 11 is 1.23. The van der Waals surface area contributed by atoms with E-state index in [-0.39, 0.29) is 16.1 Å². The third kappa shape index (κ3) is 4.22. The van der Waals surface area contributed by atoms with Gasteiger partial charge in [0.05, 0.1) is 17.9 Å². The largest absolute Gasteiger partial charge is 0.493 e. The lowest BCUT2D eigenvalue weighted by atomic mass is 10.1. The topological polar surface area (TPSA) is 120 Å². The van der Waals surface area contributed by atoms with Crippen molar-refractivity contribution in [1.29, 1.82) is 0 Å². The minimum atomic E-state index is -0.964. The van der Waals surface area contributed by atoms with Gasteiger partial charge in [0, 0.05) is 10.8 Å². The number of rotatable bonds is 5. The van der Waals surface area contributed by atoms with Crippen LogP contribution < -0.4 is 10.9 Å². The lowest BCUT2D eigenvalue weighted by molar-refractivity contribution is 0.102. The van der Waals surface area contributed by atoms with E-state index in [9.17, 15) is 19.1 Å². The van der Waals surface area contributed by atoms with E-state index in [1.54, 1.807) is 12.1 Å². The molecular formula is C17H16FN5O3S. The zero-order chi connectivity index (χ0) is 19.6.